The molecule has 0 bridgehead atoms. The Bertz CT molecular complexity index is 437. The Balaban J connectivity index is 2.28. The van der Waals surface area contributed by atoms with E-state index < -0.39 is 31.4 Å². The summed E-state index contributed by atoms with van der Waals surface area (Å²) in [6, 6.07) is 6.32. The maximum Gasteiger partial charge on any atom is 0.411 e. The topological polar surface area (TPSA) is 58.6 Å². The van der Waals surface area contributed by atoms with E-state index in [0.717, 1.165) is 0 Å². The number of aliphatic hydroxyl groups excluding tert-OH is 1. The van der Waals surface area contributed by atoms with Gasteiger partial charge < -0.3 is 15.2 Å². The fraction of sp³-hybridized carbons (Fsp3) is 0.417. The number of alkyl halides is 3. The molecule has 8 heteroatoms. The summed E-state index contributed by atoms with van der Waals surface area (Å²) in [7, 11) is 0. The van der Waals surface area contributed by atoms with E-state index in [4.69, 9.17) is 11.6 Å². The second kappa shape index (κ2) is 7.47. The van der Waals surface area contributed by atoms with Gasteiger partial charge in [0, 0.05) is 11.6 Å². The molecule has 0 saturated carbocycles. The molecule has 112 valence electrons. The van der Waals surface area contributed by atoms with Crippen LogP contribution < -0.4 is 5.32 Å². The van der Waals surface area contributed by atoms with E-state index in [9.17, 15) is 23.1 Å². The van der Waals surface area contributed by atoms with Crippen molar-refractivity contribution >= 4 is 17.5 Å². The van der Waals surface area contributed by atoms with Crippen molar-refractivity contribution in [1.82, 2.24) is 5.32 Å². The van der Waals surface area contributed by atoms with Crippen LogP contribution in [0.4, 0.5) is 13.2 Å². The summed E-state index contributed by atoms with van der Waals surface area (Å²) >= 11 is 5.68. The predicted molar refractivity (Wildman–Crippen MR) is 66.3 cm³/mol. The van der Waals surface area contributed by atoms with Crippen LogP contribution >= 0.6 is 11.6 Å². The van der Waals surface area contributed by atoms with Gasteiger partial charge in [0.05, 0.1) is 6.10 Å². The highest BCUT2D eigenvalue weighted by atomic mass is 35.5. The van der Waals surface area contributed by atoms with Gasteiger partial charge in [-0.1, -0.05) is 23.7 Å². The van der Waals surface area contributed by atoms with E-state index in [1.807, 2.05) is 0 Å². The number of halogens is 4. The molecule has 0 spiro atoms. The molecule has 0 fully saturated rings. The fourth-order valence-electron chi connectivity index (χ4n) is 1.32. The van der Waals surface area contributed by atoms with Crippen molar-refractivity contribution in [3.05, 3.63) is 34.9 Å². The second-order valence-corrected chi connectivity index (χ2v) is 4.42. The first-order valence-electron chi connectivity index (χ1n) is 5.62. The van der Waals surface area contributed by atoms with Gasteiger partial charge in [-0.25, -0.2) is 0 Å². The van der Waals surface area contributed by atoms with Crippen molar-refractivity contribution in [2.75, 3.05) is 19.8 Å². The van der Waals surface area contributed by atoms with Crippen LogP contribution in [0.3, 0.4) is 0 Å². The summed E-state index contributed by atoms with van der Waals surface area (Å²) in [5.41, 5.74) is 0.533. The maximum absolute atomic E-state index is 11.8. The quantitative estimate of drug-likeness (QED) is 0.845. The van der Waals surface area contributed by atoms with Gasteiger partial charge in [-0.2, -0.15) is 13.2 Å². The molecule has 2 N–H and O–H groups in total. The molecule has 0 aliphatic heterocycles. The lowest BCUT2D eigenvalue weighted by Crippen LogP contribution is -2.32. The first-order valence-corrected chi connectivity index (χ1v) is 6.00. The highest BCUT2D eigenvalue weighted by Gasteiger charge is 2.27. The molecular weight excluding hydrogens is 299 g/mol. The molecule has 0 aliphatic carbocycles. The van der Waals surface area contributed by atoms with E-state index in [1.165, 1.54) is 0 Å². The zero-order chi connectivity index (χ0) is 15.2. The summed E-state index contributed by atoms with van der Waals surface area (Å²) in [5, 5.41) is 12.5. The maximum atomic E-state index is 11.8. The van der Waals surface area contributed by atoms with Crippen molar-refractivity contribution in [3.63, 3.8) is 0 Å². The summed E-state index contributed by atoms with van der Waals surface area (Å²) in [6.45, 7) is -2.33. The number of amides is 1. The lowest BCUT2D eigenvalue weighted by atomic mass is 10.1. The molecule has 0 aliphatic rings. The molecule has 4 nitrogen and oxygen atoms in total. The predicted octanol–water partition coefficient (Wildman–Crippen LogP) is 2.07. The normalized spacial score (nSPS) is 13.1. The molecule has 1 atom stereocenters. The molecule has 1 rings (SSSR count). The van der Waals surface area contributed by atoms with Crippen molar-refractivity contribution in [2.24, 2.45) is 0 Å². The molecule has 1 unspecified atom stereocenters. The van der Waals surface area contributed by atoms with Gasteiger partial charge in [-0.05, 0) is 17.7 Å². The van der Waals surface area contributed by atoms with Crippen molar-refractivity contribution in [3.8, 4) is 0 Å². The van der Waals surface area contributed by atoms with Crippen LogP contribution in [0.5, 0.6) is 0 Å². The average Bonchev–Trinajstić information content (AvgIpc) is 2.35. The number of aliphatic hydroxyl groups is 1. The lowest BCUT2D eigenvalue weighted by Gasteiger charge is -2.13. The van der Waals surface area contributed by atoms with Crippen LogP contribution in [0.2, 0.25) is 5.02 Å². The van der Waals surface area contributed by atoms with Gasteiger partial charge in [0.15, 0.2) is 0 Å². The Morgan fingerprint density at radius 2 is 1.95 bits per heavy atom. The van der Waals surface area contributed by atoms with Crippen LogP contribution in [-0.2, 0) is 9.53 Å². The Morgan fingerprint density at radius 1 is 1.35 bits per heavy atom. The van der Waals surface area contributed by atoms with E-state index in [-0.39, 0.29) is 6.54 Å². The van der Waals surface area contributed by atoms with Gasteiger partial charge in [0.25, 0.3) is 0 Å². The molecule has 20 heavy (non-hydrogen) atoms. The minimum atomic E-state index is -4.47. The van der Waals surface area contributed by atoms with Gasteiger partial charge in [0.2, 0.25) is 5.91 Å². The summed E-state index contributed by atoms with van der Waals surface area (Å²) in [4.78, 5) is 11.2. The highest BCUT2D eigenvalue weighted by Crippen LogP contribution is 2.16. The second-order valence-electron chi connectivity index (χ2n) is 3.98. The summed E-state index contributed by atoms with van der Waals surface area (Å²) in [5.74, 6) is -0.734. The minimum absolute atomic E-state index is 0.129. The Morgan fingerprint density at radius 3 is 2.50 bits per heavy atom. The van der Waals surface area contributed by atoms with Crippen LogP contribution in [0.15, 0.2) is 24.3 Å². The van der Waals surface area contributed by atoms with Crippen molar-refractivity contribution in [2.45, 2.75) is 12.3 Å². The number of hydrogen-bond donors (Lipinski definition) is 2. The molecule has 0 heterocycles. The molecule has 0 saturated heterocycles. The van der Waals surface area contributed by atoms with Crippen LogP contribution in [0, 0.1) is 0 Å². The Kier molecular flexibility index (Phi) is 6.25. The molecule has 1 aromatic rings. The fourth-order valence-corrected chi connectivity index (χ4v) is 1.45. The third kappa shape index (κ3) is 6.74. The van der Waals surface area contributed by atoms with E-state index in [2.05, 4.69) is 10.1 Å². The molecule has 0 radical (unpaired) electrons. The number of carbonyl (C=O) groups is 1. The van der Waals surface area contributed by atoms with E-state index in [0.29, 0.717) is 10.6 Å². The first-order chi connectivity index (χ1) is 9.28. The standard InChI is InChI=1S/C12H13ClF3NO3/c13-9-3-1-8(2-4-9)10(18)5-17-11(19)6-20-7-12(14,15)16/h1-4,10,18H,5-7H2,(H,17,19). The van der Waals surface area contributed by atoms with E-state index in [1.54, 1.807) is 24.3 Å². The van der Waals surface area contributed by atoms with Crippen molar-refractivity contribution in [1.29, 1.82) is 0 Å². The number of rotatable bonds is 6. The van der Waals surface area contributed by atoms with Gasteiger partial charge in [-0.3, -0.25) is 4.79 Å². The largest absolute Gasteiger partial charge is 0.411 e. The third-order valence-corrected chi connectivity index (χ3v) is 2.50. The zero-order valence-electron chi connectivity index (χ0n) is 10.3. The van der Waals surface area contributed by atoms with E-state index >= 15 is 0 Å². The number of hydrogen-bond acceptors (Lipinski definition) is 3. The zero-order valence-corrected chi connectivity index (χ0v) is 11.0. The summed E-state index contributed by atoms with van der Waals surface area (Å²) in [6.07, 6.45) is -5.44. The molecular formula is C12H13ClF3NO3. The van der Waals surface area contributed by atoms with Crippen LogP contribution in [0.25, 0.3) is 0 Å². The highest BCUT2D eigenvalue weighted by molar-refractivity contribution is 6.30. The lowest BCUT2D eigenvalue weighted by molar-refractivity contribution is -0.175. The smallest absolute Gasteiger partial charge is 0.387 e. The minimum Gasteiger partial charge on any atom is -0.387 e. The van der Waals surface area contributed by atoms with Gasteiger partial charge >= 0.3 is 6.18 Å². The number of nitrogens with one attached hydrogen (secondary N) is 1. The molecule has 1 aromatic carbocycles. The Hall–Kier alpha value is -1.31. The molecule has 1 amide bonds. The monoisotopic (exact) mass is 311 g/mol. The number of ether oxygens (including phenoxy) is 1. The van der Waals surface area contributed by atoms with Crippen LogP contribution in [0.1, 0.15) is 11.7 Å². The van der Waals surface area contributed by atoms with Gasteiger partial charge in [0.1, 0.15) is 13.2 Å². The number of carbonyl (C=O) groups excluding carboxylic acids is 1. The first kappa shape index (κ1) is 16.7. The molecule has 0 aromatic heterocycles. The third-order valence-electron chi connectivity index (χ3n) is 2.25. The van der Waals surface area contributed by atoms with Gasteiger partial charge in [-0.15, -0.1) is 0 Å². The van der Waals surface area contributed by atoms with Crippen LogP contribution in [-0.4, -0.2) is 36.9 Å². The van der Waals surface area contributed by atoms with Crippen molar-refractivity contribution < 1.29 is 27.8 Å². The Labute approximate surface area is 118 Å². The summed E-state index contributed by atoms with van der Waals surface area (Å²) < 4.78 is 39.5. The average molecular weight is 312 g/mol. The SMILES string of the molecule is O=C(COCC(F)(F)F)NCC(O)c1ccc(Cl)cc1. The number of benzene rings is 1.